The summed E-state index contributed by atoms with van der Waals surface area (Å²) in [5, 5.41) is 2.85. The van der Waals surface area contributed by atoms with Crippen LogP contribution in [0.3, 0.4) is 0 Å². The molecule has 0 saturated heterocycles. The number of halogens is 2. The molecule has 1 fully saturated rings. The first-order valence-corrected chi connectivity index (χ1v) is 14.8. The number of hydrogen-bond acceptors (Lipinski definition) is 4. The fourth-order valence-corrected chi connectivity index (χ4v) is 5.74. The minimum Gasteiger partial charge on any atom is -0.352 e. The molecule has 1 aliphatic rings. The van der Waals surface area contributed by atoms with Crippen molar-refractivity contribution in [2.45, 2.75) is 71.0 Å². The zero-order valence-electron chi connectivity index (χ0n) is 21.5. The number of hydrogen-bond donors (Lipinski definition) is 1. The monoisotopic (exact) mass is 551 g/mol. The predicted molar refractivity (Wildman–Crippen MR) is 144 cm³/mol. The Morgan fingerprint density at radius 1 is 1.14 bits per heavy atom. The van der Waals surface area contributed by atoms with Crippen LogP contribution in [-0.2, 0) is 26.2 Å². The molecule has 0 aromatic heterocycles. The van der Waals surface area contributed by atoms with E-state index < -0.39 is 34.3 Å². The Labute approximate surface area is 224 Å². The topological polar surface area (TPSA) is 86.8 Å². The fourth-order valence-electron chi connectivity index (χ4n) is 4.72. The molecule has 1 N–H and O–H groups in total. The Balaban J connectivity index is 1.93. The van der Waals surface area contributed by atoms with Crippen LogP contribution in [0.15, 0.2) is 42.5 Å². The van der Waals surface area contributed by atoms with Gasteiger partial charge in [-0.3, -0.25) is 13.9 Å². The summed E-state index contributed by atoms with van der Waals surface area (Å²) >= 11 is 5.89. The van der Waals surface area contributed by atoms with Gasteiger partial charge in [0.1, 0.15) is 18.4 Å². The average molecular weight is 552 g/mol. The van der Waals surface area contributed by atoms with Crippen LogP contribution in [-0.4, -0.2) is 50.0 Å². The van der Waals surface area contributed by atoms with Crippen molar-refractivity contribution in [1.82, 2.24) is 10.2 Å². The van der Waals surface area contributed by atoms with Gasteiger partial charge in [0, 0.05) is 12.6 Å². The molecule has 3 rings (SSSR count). The molecule has 7 nitrogen and oxygen atoms in total. The number of rotatable bonds is 10. The van der Waals surface area contributed by atoms with Gasteiger partial charge in [0.05, 0.1) is 17.0 Å². The maximum Gasteiger partial charge on any atom is 0.244 e. The van der Waals surface area contributed by atoms with Gasteiger partial charge in [0.15, 0.2) is 0 Å². The highest BCUT2D eigenvalue weighted by atomic mass is 35.5. The summed E-state index contributed by atoms with van der Waals surface area (Å²) in [4.78, 5) is 28.6. The maximum absolute atomic E-state index is 13.7. The third-order valence-corrected chi connectivity index (χ3v) is 8.07. The van der Waals surface area contributed by atoms with E-state index in [4.69, 9.17) is 11.6 Å². The number of nitrogens with one attached hydrogen (secondary N) is 1. The SMILES string of the molecule is CCC(C(=O)NC1CCCCC1)N(Cc1cccc(C)c1)C(=O)CN(c1ccc(F)c(Cl)c1)S(C)(=O)=O. The molecule has 1 aliphatic carbocycles. The van der Waals surface area contributed by atoms with Gasteiger partial charge in [-0.2, -0.15) is 0 Å². The second kappa shape index (κ2) is 12.7. The van der Waals surface area contributed by atoms with E-state index in [1.807, 2.05) is 38.1 Å². The van der Waals surface area contributed by atoms with Crippen molar-refractivity contribution >= 4 is 39.1 Å². The molecule has 0 bridgehead atoms. The standard InChI is InChI=1S/C27H35ClFN3O4S/c1-4-25(27(34)30-21-11-6-5-7-12-21)31(17-20-10-8-9-19(2)15-20)26(33)18-32(37(3,35)36)22-13-14-24(29)23(28)16-22/h8-10,13-16,21,25H,4-7,11-12,17-18H2,1-3H3,(H,30,34). The Hall–Kier alpha value is -2.65. The maximum atomic E-state index is 13.7. The van der Waals surface area contributed by atoms with E-state index in [0.717, 1.165) is 59.9 Å². The van der Waals surface area contributed by atoms with Gasteiger partial charge in [-0.1, -0.05) is 67.6 Å². The van der Waals surface area contributed by atoms with Crippen molar-refractivity contribution in [2.24, 2.45) is 0 Å². The minimum atomic E-state index is -3.93. The first kappa shape index (κ1) is 28.9. The van der Waals surface area contributed by atoms with Gasteiger partial charge in [0.2, 0.25) is 21.8 Å². The summed E-state index contributed by atoms with van der Waals surface area (Å²) in [5.41, 5.74) is 1.90. The van der Waals surface area contributed by atoms with Crippen molar-refractivity contribution < 1.29 is 22.4 Å². The van der Waals surface area contributed by atoms with E-state index in [1.165, 1.54) is 17.0 Å². The molecule has 1 unspecified atom stereocenters. The number of carbonyl (C=O) groups is 2. The highest BCUT2D eigenvalue weighted by Gasteiger charge is 2.33. The van der Waals surface area contributed by atoms with Crippen molar-refractivity contribution in [3.63, 3.8) is 0 Å². The molecule has 1 saturated carbocycles. The molecule has 2 amide bonds. The Bertz CT molecular complexity index is 1220. The number of carbonyl (C=O) groups excluding carboxylic acids is 2. The molecule has 0 spiro atoms. The molecule has 10 heteroatoms. The predicted octanol–water partition coefficient (Wildman–Crippen LogP) is 4.81. The molecule has 0 heterocycles. The minimum absolute atomic E-state index is 0.0671. The Kier molecular flexibility index (Phi) is 9.95. The van der Waals surface area contributed by atoms with Gasteiger partial charge in [-0.15, -0.1) is 0 Å². The van der Waals surface area contributed by atoms with Crippen molar-refractivity contribution in [3.05, 3.63) is 64.4 Å². The second-order valence-electron chi connectivity index (χ2n) is 9.65. The van der Waals surface area contributed by atoms with E-state index >= 15 is 0 Å². The molecule has 0 radical (unpaired) electrons. The largest absolute Gasteiger partial charge is 0.352 e. The summed E-state index contributed by atoms with van der Waals surface area (Å²) in [7, 11) is -3.93. The highest BCUT2D eigenvalue weighted by Crippen LogP contribution is 2.25. The first-order chi connectivity index (χ1) is 17.5. The summed E-state index contributed by atoms with van der Waals surface area (Å²) in [5.74, 6) is -1.49. The third-order valence-electron chi connectivity index (χ3n) is 6.64. The van der Waals surface area contributed by atoms with Crippen molar-refractivity contribution in [2.75, 3.05) is 17.1 Å². The number of aryl methyl sites for hydroxylation is 1. The Morgan fingerprint density at radius 3 is 2.43 bits per heavy atom. The quantitative estimate of drug-likeness (QED) is 0.459. The van der Waals surface area contributed by atoms with Gasteiger partial charge >= 0.3 is 0 Å². The van der Waals surface area contributed by atoms with Crippen LogP contribution in [0.25, 0.3) is 0 Å². The van der Waals surface area contributed by atoms with Crippen LogP contribution < -0.4 is 9.62 Å². The zero-order chi connectivity index (χ0) is 27.2. The van der Waals surface area contributed by atoms with Crippen LogP contribution in [0.5, 0.6) is 0 Å². The molecule has 37 heavy (non-hydrogen) atoms. The lowest BCUT2D eigenvalue weighted by atomic mass is 9.95. The van der Waals surface area contributed by atoms with Crippen molar-refractivity contribution in [1.29, 1.82) is 0 Å². The van der Waals surface area contributed by atoms with Gasteiger partial charge in [-0.05, 0) is 49.9 Å². The molecule has 1 atom stereocenters. The van der Waals surface area contributed by atoms with E-state index in [-0.39, 0.29) is 29.2 Å². The number of nitrogens with zero attached hydrogens (tertiary/aromatic N) is 2. The first-order valence-electron chi connectivity index (χ1n) is 12.6. The third kappa shape index (κ3) is 7.92. The lowest BCUT2D eigenvalue weighted by molar-refractivity contribution is -0.140. The molecule has 0 aliphatic heterocycles. The summed E-state index contributed by atoms with van der Waals surface area (Å²) in [6.07, 6.45) is 6.39. The van der Waals surface area contributed by atoms with Crippen molar-refractivity contribution in [3.8, 4) is 0 Å². The molecule has 202 valence electrons. The summed E-state index contributed by atoms with van der Waals surface area (Å²) in [6.45, 7) is 3.35. The number of amides is 2. The smallest absolute Gasteiger partial charge is 0.244 e. The molecular formula is C27H35ClFN3O4S. The van der Waals surface area contributed by atoms with Gasteiger partial charge in [0.25, 0.3) is 0 Å². The Morgan fingerprint density at radius 2 is 1.84 bits per heavy atom. The molecule has 2 aromatic rings. The number of sulfonamides is 1. The highest BCUT2D eigenvalue weighted by molar-refractivity contribution is 7.92. The van der Waals surface area contributed by atoms with E-state index in [1.54, 1.807) is 0 Å². The fraction of sp³-hybridized carbons (Fsp3) is 0.481. The summed E-state index contributed by atoms with van der Waals surface area (Å²) in [6, 6.07) is 10.4. The van der Waals surface area contributed by atoms with Crippen LogP contribution in [0.2, 0.25) is 5.02 Å². The molecule has 2 aromatic carbocycles. The van der Waals surface area contributed by atoms with Gasteiger partial charge in [-0.25, -0.2) is 12.8 Å². The zero-order valence-corrected chi connectivity index (χ0v) is 23.1. The second-order valence-corrected chi connectivity index (χ2v) is 12.0. The average Bonchev–Trinajstić information content (AvgIpc) is 2.84. The lowest BCUT2D eigenvalue weighted by Gasteiger charge is -2.34. The lowest BCUT2D eigenvalue weighted by Crippen LogP contribution is -2.53. The van der Waals surface area contributed by atoms with E-state index in [2.05, 4.69) is 5.32 Å². The van der Waals surface area contributed by atoms with Crippen LogP contribution in [0.4, 0.5) is 10.1 Å². The van der Waals surface area contributed by atoms with E-state index in [0.29, 0.717) is 6.42 Å². The van der Waals surface area contributed by atoms with Crippen LogP contribution >= 0.6 is 11.6 Å². The number of benzene rings is 2. The van der Waals surface area contributed by atoms with Crippen LogP contribution in [0, 0.1) is 12.7 Å². The summed E-state index contributed by atoms with van der Waals surface area (Å²) < 4.78 is 40.0. The normalized spacial score (nSPS) is 15.2. The van der Waals surface area contributed by atoms with E-state index in [9.17, 15) is 22.4 Å². The molecular weight excluding hydrogens is 517 g/mol. The number of anilines is 1. The van der Waals surface area contributed by atoms with Crippen LogP contribution in [0.1, 0.15) is 56.6 Å². The van der Waals surface area contributed by atoms with Gasteiger partial charge < -0.3 is 10.2 Å².